The van der Waals surface area contributed by atoms with Gasteiger partial charge in [-0.3, -0.25) is 0 Å². The molecule has 76 valence electrons. The largest absolute Gasteiger partial charge is 0.351 e. The molecule has 2 unspecified atom stereocenters. The minimum atomic E-state index is -0.285. The zero-order valence-corrected chi connectivity index (χ0v) is 8.42. The molecule has 0 aromatic rings. The molecule has 0 radical (unpaired) electrons. The van der Waals surface area contributed by atoms with Gasteiger partial charge in [0, 0.05) is 25.2 Å². The molecule has 4 nitrogen and oxygen atoms in total. The second-order valence-corrected chi connectivity index (χ2v) is 3.57. The molecule has 0 aromatic carbocycles. The molecule has 1 heterocycles. The van der Waals surface area contributed by atoms with Gasteiger partial charge in [0.25, 0.3) is 0 Å². The Morgan fingerprint density at radius 1 is 1.54 bits per heavy atom. The molecule has 2 atom stereocenters. The van der Waals surface area contributed by atoms with E-state index in [-0.39, 0.29) is 12.1 Å². The molecule has 1 rings (SSSR count). The Hall–Kier alpha value is -0.770. The van der Waals surface area contributed by atoms with Crippen LogP contribution >= 0.6 is 0 Å². The van der Waals surface area contributed by atoms with Crippen molar-refractivity contribution < 1.29 is 4.79 Å². The van der Waals surface area contributed by atoms with Crippen LogP contribution in [-0.4, -0.2) is 36.1 Å². The van der Waals surface area contributed by atoms with Gasteiger partial charge in [0.15, 0.2) is 0 Å². The lowest BCUT2D eigenvalue weighted by Crippen LogP contribution is -2.59. The Bertz CT molecular complexity index is 184. The predicted molar refractivity (Wildman–Crippen MR) is 52.5 cm³/mol. The predicted octanol–water partition coefficient (Wildman–Crippen LogP) is 0.527. The van der Waals surface area contributed by atoms with Crippen molar-refractivity contribution in [2.45, 2.75) is 38.8 Å². The van der Waals surface area contributed by atoms with Gasteiger partial charge in [-0.2, -0.15) is 0 Å². The fourth-order valence-corrected chi connectivity index (χ4v) is 1.77. The SMILES string of the molecule is CCC1CN(C(N)=O)C(CC)CN1. The average molecular weight is 185 g/mol. The number of hydrogen-bond donors (Lipinski definition) is 2. The van der Waals surface area contributed by atoms with Crippen LogP contribution in [0, 0.1) is 0 Å². The molecule has 0 aliphatic carbocycles. The number of rotatable bonds is 2. The van der Waals surface area contributed by atoms with Crippen LogP contribution in [0.25, 0.3) is 0 Å². The van der Waals surface area contributed by atoms with Crippen molar-refractivity contribution in [2.24, 2.45) is 5.73 Å². The molecule has 0 spiro atoms. The minimum absolute atomic E-state index is 0.278. The first-order valence-corrected chi connectivity index (χ1v) is 4.98. The Labute approximate surface area is 79.5 Å². The van der Waals surface area contributed by atoms with Crippen LogP contribution in [0.2, 0.25) is 0 Å². The Kier molecular flexibility index (Phi) is 3.54. The van der Waals surface area contributed by atoms with Crippen LogP contribution in [0.3, 0.4) is 0 Å². The summed E-state index contributed by atoms with van der Waals surface area (Å²) in [4.78, 5) is 12.9. The minimum Gasteiger partial charge on any atom is -0.351 e. The van der Waals surface area contributed by atoms with Crippen molar-refractivity contribution in [3.8, 4) is 0 Å². The summed E-state index contributed by atoms with van der Waals surface area (Å²) in [6, 6.07) is 0.405. The van der Waals surface area contributed by atoms with Gasteiger partial charge >= 0.3 is 6.03 Å². The number of urea groups is 1. The van der Waals surface area contributed by atoms with Gasteiger partial charge in [-0.15, -0.1) is 0 Å². The third-order valence-corrected chi connectivity index (χ3v) is 2.75. The van der Waals surface area contributed by atoms with Gasteiger partial charge in [0.05, 0.1) is 0 Å². The number of amides is 2. The van der Waals surface area contributed by atoms with Crippen molar-refractivity contribution in [1.29, 1.82) is 0 Å². The second kappa shape index (κ2) is 4.46. The summed E-state index contributed by atoms with van der Waals surface area (Å²) in [5.74, 6) is 0. The summed E-state index contributed by atoms with van der Waals surface area (Å²) >= 11 is 0. The topological polar surface area (TPSA) is 58.4 Å². The molecule has 1 aliphatic heterocycles. The zero-order valence-electron chi connectivity index (χ0n) is 8.42. The maximum Gasteiger partial charge on any atom is 0.315 e. The maximum atomic E-state index is 11.1. The quantitative estimate of drug-likeness (QED) is 0.659. The Balaban J connectivity index is 2.57. The monoisotopic (exact) mass is 185 g/mol. The smallest absolute Gasteiger partial charge is 0.315 e. The van der Waals surface area contributed by atoms with E-state index < -0.39 is 0 Å². The number of primary amides is 1. The summed E-state index contributed by atoms with van der Waals surface area (Å²) in [6.45, 7) is 5.82. The number of nitrogens with one attached hydrogen (secondary N) is 1. The first kappa shape index (κ1) is 10.3. The molecule has 1 fully saturated rings. The fraction of sp³-hybridized carbons (Fsp3) is 0.889. The van der Waals surface area contributed by atoms with Crippen molar-refractivity contribution in [3.05, 3.63) is 0 Å². The van der Waals surface area contributed by atoms with E-state index in [9.17, 15) is 4.79 Å². The average Bonchev–Trinajstić information content (AvgIpc) is 2.16. The van der Waals surface area contributed by atoms with Crippen LogP contribution in [0.1, 0.15) is 26.7 Å². The number of nitrogens with zero attached hydrogens (tertiary/aromatic N) is 1. The standard InChI is InChI=1S/C9H19N3O/c1-3-7-6-12(9(10)13)8(4-2)5-11-7/h7-8,11H,3-6H2,1-2H3,(H2,10,13). The molecule has 0 saturated carbocycles. The molecule has 4 heteroatoms. The molecule has 1 aliphatic rings. The van der Waals surface area contributed by atoms with Crippen molar-refractivity contribution in [2.75, 3.05) is 13.1 Å². The highest BCUT2D eigenvalue weighted by atomic mass is 16.2. The summed E-state index contributed by atoms with van der Waals surface area (Å²) in [5.41, 5.74) is 5.31. The van der Waals surface area contributed by atoms with E-state index in [1.807, 2.05) is 0 Å². The third kappa shape index (κ3) is 2.34. The first-order chi connectivity index (χ1) is 6.19. The highest BCUT2D eigenvalue weighted by Crippen LogP contribution is 2.11. The van der Waals surface area contributed by atoms with Crippen LogP contribution < -0.4 is 11.1 Å². The van der Waals surface area contributed by atoms with Crippen molar-refractivity contribution in [3.63, 3.8) is 0 Å². The first-order valence-electron chi connectivity index (χ1n) is 4.98. The van der Waals surface area contributed by atoms with Crippen LogP contribution in [0.15, 0.2) is 0 Å². The number of piperazine rings is 1. The molecule has 3 N–H and O–H groups in total. The molecule has 1 saturated heterocycles. The number of nitrogens with two attached hydrogens (primary N) is 1. The Morgan fingerprint density at radius 2 is 2.23 bits per heavy atom. The lowest BCUT2D eigenvalue weighted by molar-refractivity contribution is 0.143. The van der Waals surface area contributed by atoms with Crippen LogP contribution in [0.4, 0.5) is 4.79 Å². The van der Waals surface area contributed by atoms with Gasteiger partial charge in [-0.25, -0.2) is 4.79 Å². The van der Waals surface area contributed by atoms with Crippen LogP contribution in [-0.2, 0) is 0 Å². The third-order valence-electron chi connectivity index (χ3n) is 2.75. The van der Waals surface area contributed by atoms with E-state index >= 15 is 0 Å². The lowest BCUT2D eigenvalue weighted by Gasteiger charge is -2.38. The van der Waals surface area contributed by atoms with E-state index in [4.69, 9.17) is 5.73 Å². The highest BCUT2D eigenvalue weighted by Gasteiger charge is 2.27. The van der Waals surface area contributed by atoms with Gasteiger partial charge in [-0.05, 0) is 12.8 Å². The van der Waals surface area contributed by atoms with Crippen LogP contribution in [0.5, 0.6) is 0 Å². The van der Waals surface area contributed by atoms with Crippen molar-refractivity contribution in [1.82, 2.24) is 10.2 Å². The van der Waals surface area contributed by atoms with E-state index in [1.165, 1.54) is 0 Å². The lowest BCUT2D eigenvalue weighted by atomic mass is 10.1. The number of hydrogen-bond acceptors (Lipinski definition) is 2. The summed E-state index contributed by atoms with van der Waals surface area (Å²) in [6.07, 6.45) is 2.01. The highest BCUT2D eigenvalue weighted by molar-refractivity contribution is 5.72. The van der Waals surface area contributed by atoms with Gasteiger partial charge in [0.2, 0.25) is 0 Å². The van der Waals surface area contributed by atoms with E-state index in [0.29, 0.717) is 6.04 Å². The van der Waals surface area contributed by atoms with Gasteiger partial charge in [-0.1, -0.05) is 13.8 Å². The summed E-state index contributed by atoms with van der Waals surface area (Å²) < 4.78 is 0. The normalized spacial score (nSPS) is 28.9. The van der Waals surface area contributed by atoms with E-state index in [0.717, 1.165) is 25.9 Å². The van der Waals surface area contributed by atoms with Gasteiger partial charge < -0.3 is 16.0 Å². The molecule has 13 heavy (non-hydrogen) atoms. The summed E-state index contributed by atoms with van der Waals surface area (Å²) in [5, 5.41) is 3.41. The summed E-state index contributed by atoms with van der Waals surface area (Å²) in [7, 11) is 0. The van der Waals surface area contributed by atoms with E-state index in [2.05, 4.69) is 19.2 Å². The second-order valence-electron chi connectivity index (χ2n) is 3.57. The molecule has 0 bridgehead atoms. The Morgan fingerprint density at radius 3 is 2.69 bits per heavy atom. The number of carbonyl (C=O) groups is 1. The molecule has 0 aromatic heterocycles. The molecular formula is C9H19N3O. The van der Waals surface area contributed by atoms with Crippen molar-refractivity contribution >= 4 is 6.03 Å². The fourth-order valence-electron chi connectivity index (χ4n) is 1.77. The molecular weight excluding hydrogens is 166 g/mol. The number of carbonyl (C=O) groups excluding carboxylic acids is 1. The zero-order chi connectivity index (χ0) is 9.84. The maximum absolute atomic E-state index is 11.1. The van der Waals surface area contributed by atoms with Gasteiger partial charge in [0.1, 0.15) is 0 Å². The van der Waals surface area contributed by atoms with E-state index in [1.54, 1.807) is 4.90 Å². The molecule has 2 amide bonds.